The number of nitrogens with zero attached hydrogens (tertiary/aromatic N) is 2. The molecule has 4 aromatic rings. The number of anilines is 1. The third kappa shape index (κ3) is 3.97. The molecule has 1 amide bonds. The highest BCUT2D eigenvalue weighted by molar-refractivity contribution is 7.93. The molecule has 1 aliphatic rings. The van der Waals surface area contributed by atoms with Crippen LogP contribution in [0.15, 0.2) is 72.8 Å². The van der Waals surface area contributed by atoms with E-state index in [9.17, 15) is 13.2 Å². The Kier molecular flexibility index (Phi) is 5.14. The molecule has 0 aliphatic carbocycles. The average Bonchev–Trinajstić information content (AvgIpc) is 3.40. The van der Waals surface area contributed by atoms with Crippen LogP contribution in [-0.2, 0) is 16.6 Å². The van der Waals surface area contributed by atoms with E-state index in [-0.39, 0.29) is 11.7 Å². The lowest BCUT2D eigenvalue weighted by Crippen LogP contribution is -2.26. The maximum Gasteiger partial charge on any atom is 0.251 e. The standard InChI is InChI=1S/C24H22N4O3S/c29-24(19-5-3-6-20(15-19)28-13-4-14-32(28,30)31)25-16-17-9-11-18(12-10-17)23-26-21-7-1-2-8-22(21)27-23/h1-3,5-12,15H,4,13-14,16H2,(H,25,29)(H,26,27). The van der Waals surface area contributed by atoms with Crippen molar-refractivity contribution in [2.45, 2.75) is 13.0 Å². The SMILES string of the molecule is O=C(NCc1ccc(-c2nc3ccccc3[nH]2)cc1)c1cccc(N2CCCS2(=O)=O)c1. The summed E-state index contributed by atoms with van der Waals surface area (Å²) in [4.78, 5) is 20.6. The first kappa shape index (κ1) is 20.3. The Hall–Kier alpha value is -3.65. The molecular weight excluding hydrogens is 424 g/mol. The Bertz CT molecular complexity index is 1360. The minimum absolute atomic E-state index is 0.146. The molecule has 1 aliphatic heterocycles. The third-order valence-corrected chi connectivity index (χ3v) is 7.43. The summed E-state index contributed by atoms with van der Waals surface area (Å²) in [6.07, 6.45) is 0.600. The molecule has 1 fully saturated rings. The highest BCUT2D eigenvalue weighted by atomic mass is 32.2. The number of sulfonamides is 1. The van der Waals surface area contributed by atoms with Crippen molar-refractivity contribution in [3.05, 3.63) is 83.9 Å². The number of benzene rings is 3. The Morgan fingerprint density at radius 1 is 1.03 bits per heavy atom. The molecule has 0 saturated carbocycles. The molecule has 1 aromatic heterocycles. The van der Waals surface area contributed by atoms with Crippen molar-refractivity contribution >= 4 is 32.7 Å². The highest BCUT2D eigenvalue weighted by Gasteiger charge is 2.28. The van der Waals surface area contributed by atoms with E-state index >= 15 is 0 Å². The first-order valence-corrected chi connectivity index (χ1v) is 12.0. The van der Waals surface area contributed by atoms with Gasteiger partial charge in [0.15, 0.2) is 0 Å². The predicted octanol–water partition coefficient (Wildman–Crippen LogP) is 3.70. The number of carbonyl (C=O) groups excluding carboxylic acids is 1. The zero-order chi connectivity index (χ0) is 22.1. The number of H-pyrrole nitrogens is 1. The van der Waals surface area contributed by atoms with E-state index in [1.165, 1.54) is 4.31 Å². The van der Waals surface area contributed by atoms with E-state index < -0.39 is 10.0 Å². The Balaban J connectivity index is 1.26. The summed E-state index contributed by atoms with van der Waals surface area (Å²) in [5.74, 6) is 0.702. The number of carbonyl (C=O) groups is 1. The van der Waals surface area contributed by atoms with E-state index in [1.54, 1.807) is 24.3 Å². The van der Waals surface area contributed by atoms with Crippen molar-refractivity contribution in [1.82, 2.24) is 15.3 Å². The minimum Gasteiger partial charge on any atom is -0.348 e. The number of hydrogen-bond donors (Lipinski definition) is 2. The van der Waals surface area contributed by atoms with Crippen LogP contribution in [0.4, 0.5) is 5.69 Å². The van der Waals surface area contributed by atoms with Crippen LogP contribution in [0.3, 0.4) is 0 Å². The monoisotopic (exact) mass is 446 g/mol. The van der Waals surface area contributed by atoms with E-state index in [0.717, 1.165) is 28.0 Å². The summed E-state index contributed by atoms with van der Waals surface area (Å²) in [6.45, 7) is 0.816. The Morgan fingerprint density at radius 2 is 1.84 bits per heavy atom. The zero-order valence-electron chi connectivity index (χ0n) is 17.3. The van der Waals surface area contributed by atoms with E-state index in [4.69, 9.17) is 0 Å². The lowest BCUT2D eigenvalue weighted by Gasteiger charge is -2.17. The Labute approximate surface area is 186 Å². The smallest absolute Gasteiger partial charge is 0.251 e. The second kappa shape index (κ2) is 8.12. The van der Waals surface area contributed by atoms with E-state index in [0.29, 0.717) is 30.8 Å². The molecule has 32 heavy (non-hydrogen) atoms. The molecule has 2 N–H and O–H groups in total. The van der Waals surface area contributed by atoms with Crippen LogP contribution in [0.5, 0.6) is 0 Å². The number of nitrogens with one attached hydrogen (secondary N) is 2. The number of amides is 1. The van der Waals surface area contributed by atoms with Gasteiger partial charge < -0.3 is 10.3 Å². The van der Waals surface area contributed by atoms with Crippen molar-refractivity contribution in [1.29, 1.82) is 0 Å². The number of fused-ring (bicyclic) bond motifs is 1. The fraction of sp³-hybridized carbons (Fsp3) is 0.167. The van der Waals surface area contributed by atoms with Gasteiger partial charge in [-0.15, -0.1) is 0 Å². The summed E-state index contributed by atoms with van der Waals surface area (Å²) in [7, 11) is -3.28. The van der Waals surface area contributed by atoms with E-state index in [2.05, 4.69) is 15.3 Å². The van der Waals surface area contributed by atoms with Gasteiger partial charge in [0.1, 0.15) is 5.82 Å². The van der Waals surface area contributed by atoms with Crippen molar-refractivity contribution in [3.63, 3.8) is 0 Å². The molecule has 1 saturated heterocycles. The maximum atomic E-state index is 12.6. The molecule has 0 bridgehead atoms. The quantitative estimate of drug-likeness (QED) is 0.489. The number of hydrogen-bond acceptors (Lipinski definition) is 4. The van der Waals surface area contributed by atoms with Crippen LogP contribution < -0.4 is 9.62 Å². The van der Waals surface area contributed by atoms with Crippen LogP contribution in [-0.4, -0.2) is 36.6 Å². The van der Waals surface area contributed by atoms with Gasteiger partial charge in [0.25, 0.3) is 5.91 Å². The summed E-state index contributed by atoms with van der Waals surface area (Å²) in [5, 5.41) is 2.90. The molecular formula is C24H22N4O3S. The van der Waals surface area contributed by atoms with E-state index in [1.807, 2.05) is 48.5 Å². The van der Waals surface area contributed by atoms with Crippen molar-refractivity contribution in [2.24, 2.45) is 0 Å². The number of imidazole rings is 1. The molecule has 0 radical (unpaired) electrons. The van der Waals surface area contributed by atoms with Gasteiger partial charge in [-0.2, -0.15) is 0 Å². The number of rotatable bonds is 5. The van der Waals surface area contributed by atoms with Crippen LogP contribution >= 0.6 is 0 Å². The lowest BCUT2D eigenvalue weighted by atomic mass is 10.1. The largest absolute Gasteiger partial charge is 0.348 e. The second-order valence-electron chi connectivity index (χ2n) is 7.77. The van der Waals surface area contributed by atoms with Gasteiger partial charge in [-0.3, -0.25) is 9.10 Å². The van der Waals surface area contributed by atoms with Gasteiger partial charge in [0.05, 0.1) is 22.5 Å². The zero-order valence-corrected chi connectivity index (χ0v) is 18.1. The van der Waals surface area contributed by atoms with Crippen LogP contribution in [0.25, 0.3) is 22.4 Å². The first-order chi connectivity index (χ1) is 15.5. The van der Waals surface area contributed by atoms with Gasteiger partial charge in [0.2, 0.25) is 10.0 Å². The maximum absolute atomic E-state index is 12.6. The minimum atomic E-state index is -3.28. The van der Waals surface area contributed by atoms with Crippen molar-refractivity contribution in [3.8, 4) is 11.4 Å². The second-order valence-corrected chi connectivity index (χ2v) is 9.79. The summed E-state index contributed by atoms with van der Waals surface area (Å²) >= 11 is 0. The molecule has 0 atom stereocenters. The van der Waals surface area contributed by atoms with Gasteiger partial charge >= 0.3 is 0 Å². The van der Waals surface area contributed by atoms with Gasteiger partial charge in [-0.25, -0.2) is 13.4 Å². The summed E-state index contributed by atoms with van der Waals surface area (Å²) in [5.41, 5.74) is 4.80. The molecule has 0 spiro atoms. The fourth-order valence-electron chi connectivity index (χ4n) is 3.89. The number of aromatic nitrogens is 2. The topological polar surface area (TPSA) is 95.2 Å². The Morgan fingerprint density at radius 3 is 2.59 bits per heavy atom. The number of para-hydroxylation sites is 2. The van der Waals surface area contributed by atoms with Crippen LogP contribution in [0.2, 0.25) is 0 Å². The summed E-state index contributed by atoms with van der Waals surface area (Å²) in [6, 6.07) is 22.5. The molecule has 0 unspecified atom stereocenters. The van der Waals surface area contributed by atoms with Crippen molar-refractivity contribution < 1.29 is 13.2 Å². The average molecular weight is 447 g/mol. The number of aromatic amines is 1. The predicted molar refractivity (Wildman–Crippen MR) is 125 cm³/mol. The lowest BCUT2D eigenvalue weighted by molar-refractivity contribution is 0.0951. The van der Waals surface area contributed by atoms with Crippen LogP contribution in [0.1, 0.15) is 22.3 Å². The molecule has 5 rings (SSSR count). The van der Waals surface area contributed by atoms with Gasteiger partial charge in [-0.1, -0.05) is 42.5 Å². The van der Waals surface area contributed by atoms with Crippen LogP contribution in [0, 0.1) is 0 Å². The highest BCUT2D eigenvalue weighted by Crippen LogP contribution is 2.25. The first-order valence-electron chi connectivity index (χ1n) is 10.4. The molecule has 162 valence electrons. The van der Waals surface area contributed by atoms with Gasteiger partial charge in [0, 0.05) is 24.2 Å². The molecule has 2 heterocycles. The van der Waals surface area contributed by atoms with Gasteiger partial charge in [-0.05, 0) is 42.3 Å². The molecule has 3 aromatic carbocycles. The van der Waals surface area contributed by atoms with Crippen molar-refractivity contribution in [2.75, 3.05) is 16.6 Å². The third-order valence-electron chi connectivity index (χ3n) is 5.57. The normalized spacial score (nSPS) is 15.2. The fourth-order valence-corrected chi connectivity index (χ4v) is 5.44. The summed E-state index contributed by atoms with van der Waals surface area (Å²) < 4.78 is 25.7. The molecule has 7 nitrogen and oxygen atoms in total. The molecule has 8 heteroatoms.